The molecule has 2 aromatic carbocycles. The highest BCUT2D eigenvalue weighted by Crippen LogP contribution is 2.13. The Morgan fingerprint density at radius 3 is 2.42 bits per heavy atom. The first kappa shape index (κ1) is 19.5. The van der Waals surface area contributed by atoms with Gasteiger partial charge < -0.3 is 20.9 Å². The van der Waals surface area contributed by atoms with E-state index in [0.717, 1.165) is 11.1 Å². The van der Waals surface area contributed by atoms with E-state index in [-0.39, 0.29) is 18.0 Å². The molecule has 0 saturated carbocycles. The monoisotopic (exact) mass is 354 g/mol. The highest BCUT2D eigenvalue weighted by Gasteiger charge is 2.15. The Bertz CT molecular complexity index is 732. The number of nitrogens with zero attached hydrogens (tertiary/aromatic N) is 1. The van der Waals surface area contributed by atoms with Crippen LogP contribution in [-0.2, 0) is 6.54 Å². The standard InChI is InChI=1S/C20H26N4O2/c1-21-19(25)17-11-7-8-15(12-17)13-22-20(26)23-18(14-24(2)3)16-9-5-4-6-10-16/h4-12,18H,13-14H2,1-3H3,(H,21,25)(H2,22,23,26). The summed E-state index contributed by atoms with van der Waals surface area (Å²) in [5.41, 5.74) is 2.49. The summed E-state index contributed by atoms with van der Waals surface area (Å²) in [5, 5.41) is 8.46. The van der Waals surface area contributed by atoms with Gasteiger partial charge in [-0.1, -0.05) is 42.5 Å². The fourth-order valence-electron chi connectivity index (χ4n) is 2.64. The van der Waals surface area contributed by atoms with Gasteiger partial charge in [0, 0.05) is 25.7 Å². The van der Waals surface area contributed by atoms with E-state index >= 15 is 0 Å². The van der Waals surface area contributed by atoms with Crippen LogP contribution >= 0.6 is 0 Å². The number of urea groups is 1. The Balaban J connectivity index is 1.97. The largest absolute Gasteiger partial charge is 0.355 e. The SMILES string of the molecule is CNC(=O)c1cccc(CNC(=O)NC(CN(C)C)c2ccccc2)c1. The van der Waals surface area contributed by atoms with Crippen LogP contribution in [0.1, 0.15) is 27.5 Å². The summed E-state index contributed by atoms with van der Waals surface area (Å²) >= 11 is 0. The summed E-state index contributed by atoms with van der Waals surface area (Å²) in [6.07, 6.45) is 0. The van der Waals surface area contributed by atoms with E-state index in [1.165, 1.54) is 0 Å². The zero-order valence-corrected chi connectivity index (χ0v) is 15.5. The summed E-state index contributed by atoms with van der Waals surface area (Å²) in [4.78, 5) is 26.1. The number of carbonyl (C=O) groups excluding carboxylic acids is 2. The number of amides is 3. The number of likely N-dealkylation sites (N-methyl/N-ethyl adjacent to an activating group) is 1. The Hall–Kier alpha value is -2.86. The molecule has 1 atom stereocenters. The fourth-order valence-corrected chi connectivity index (χ4v) is 2.64. The molecule has 3 amide bonds. The third-order valence-corrected chi connectivity index (χ3v) is 3.92. The van der Waals surface area contributed by atoms with Gasteiger partial charge in [0.1, 0.15) is 0 Å². The minimum Gasteiger partial charge on any atom is -0.355 e. The number of rotatable bonds is 7. The van der Waals surface area contributed by atoms with Crippen LogP contribution in [0.4, 0.5) is 4.79 Å². The number of hydrogen-bond donors (Lipinski definition) is 3. The van der Waals surface area contributed by atoms with Crippen LogP contribution in [-0.4, -0.2) is 44.5 Å². The van der Waals surface area contributed by atoms with E-state index in [0.29, 0.717) is 18.7 Å². The molecule has 2 aromatic rings. The first-order chi connectivity index (χ1) is 12.5. The van der Waals surface area contributed by atoms with E-state index in [1.54, 1.807) is 25.2 Å². The Morgan fingerprint density at radius 2 is 1.77 bits per heavy atom. The second-order valence-electron chi connectivity index (χ2n) is 6.33. The van der Waals surface area contributed by atoms with Gasteiger partial charge in [-0.3, -0.25) is 4.79 Å². The van der Waals surface area contributed by atoms with Crippen molar-refractivity contribution < 1.29 is 9.59 Å². The topological polar surface area (TPSA) is 73.5 Å². The van der Waals surface area contributed by atoms with Crippen LogP contribution in [0.3, 0.4) is 0 Å². The lowest BCUT2D eigenvalue weighted by Gasteiger charge is -2.23. The first-order valence-corrected chi connectivity index (χ1v) is 8.54. The molecule has 138 valence electrons. The van der Waals surface area contributed by atoms with E-state index < -0.39 is 0 Å². The molecule has 6 heteroatoms. The van der Waals surface area contributed by atoms with Crippen molar-refractivity contribution in [2.24, 2.45) is 0 Å². The number of hydrogen-bond acceptors (Lipinski definition) is 3. The van der Waals surface area contributed by atoms with Crippen molar-refractivity contribution in [1.82, 2.24) is 20.9 Å². The van der Waals surface area contributed by atoms with E-state index in [1.807, 2.05) is 55.4 Å². The molecule has 1 unspecified atom stereocenters. The molecular weight excluding hydrogens is 328 g/mol. The molecule has 0 fully saturated rings. The van der Waals surface area contributed by atoms with Gasteiger partial charge in [0.15, 0.2) is 0 Å². The third kappa shape index (κ3) is 5.89. The molecule has 0 saturated heterocycles. The van der Waals surface area contributed by atoms with Gasteiger partial charge in [-0.2, -0.15) is 0 Å². The van der Waals surface area contributed by atoms with Crippen LogP contribution in [0, 0.1) is 0 Å². The van der Waals surface area contributed by atoms with Gasteiger partial charge in [-0.05, 0) is 37.4 Å². The van der Waals surface area contributed by atoms with E-state index in [2.05, 4.69) is 16.0 Å². The second kappa shape index (κ2) is 9.58. The lowest BCUT2D eigenvalue weighted by Crippen LogP contribution is -2.41. The molecule has 0 spiro atoms. The average Bonchev–Trinajstić information content (AvgIpc) is 2.66. The molecule has 0 aromatic heterocycles. The third-order valence-electron chi connectivity index (χ3n) is 3.92. The molecular formula is C20H26N4O2. The van der Waals surface area contributed by atoms with Crippen molar-refractivity contribution in [3.8, 4) is 0 Å². The quantitative estimate of drug-likeness (QED) is 0.713. The summed E-state index contributed by atoms with van der Waals surface area (Å²) < 4.78 is 0. The van der Waals surface area contributed by atoms with Gasteiger partial charge in [0.2, 0.25) is 0 Å². The molecule has 6 nitrogen and oxygen atoms in total. The number of carbonyl (C=O) groups is 2. The van der Waals surface area contributed by atoms with Crippen molar-refractivity contribution >= 4 is 11.9 Å². The molecule has 3 N–H and O–H groups in total. The lowest BCUT2D eigenvalue weighted by atomic mass is 10.1. The van der Waals surface area contributed by atoms with Gasteiger partial charge in [0.25, 0.3) is 5.91 Å². The minimum absolute atomic E-state index is 0.108. The maximum atomic E-state index is 12.3. The normalized spacial score (nSPS) is 11.7. The summed E-state index contributed by atoms with van der Waals surface area (Å²) in [7, 11) is 5.54. The summed E-state index contributed by atoms with van der Waals surface area (Å²) in [6.45, 7) is 1.05. The van der Waals surface area contributed by atoms with Crippen LogP contribution in [0.5, 0.6) is 0 Å². The Kier molecular flexibility index (Phi) is 7.17. The molecule has 0 radical (unpaired) electrons. The Morgan fingerprint density at radius 1 is 1.04 bits per heavy atom. The molecule has 0 aliphatic carbocycles. The first-order valence-electron chi connectivity index (χ1n) is 8.54. The molecule has 26 heavy (non-hydrogen) atoms. The average molecular weight is 354 g/mol. The van der Waals surface area contributed by atoms with Crippen molar-refractivity contribution in [2.45, 2.75) is 12.6 Å². The smallest absolute Gasteiger partial charge is 0.315 e. The maximum Gasteiger partial charge on any atom is 0.315 e. The highest BCUT2D eigenvalue weighted by atomic mass is 16.2. The van der Waals surface area contributed by atoms with E-state index in [4.69, 9.17) is 0 Å². The number of nitrogens with one attached hydrogen (secondary N) is 3. The van der Waals surface area contributed by atoms with Gasteiger partial charge in [-0.15, -0.1) is 0 Å². The molecule has 0 aliphatic heterocycles. The Labute approximate surface area is 154 Å². The zero-order chi connectivity index (χ0) is 18.9. The maximum absolute atomic E-state index is 12.3. The molecule has 0 bridgehead atoms. The van der Waals surface area contributed by atoms with Crippen molar-refractivity contribution in [2.75, 3.05) is 27.7 Å². The lowest BCUT2D eigenvalue weighted by molar-refractivity contribution is 0.0963. The summed E-state index contributed by atoms with van der Waals surface area (Å²) in [5.74, 6) is -0.147. The molecule has 0 aliphatic rings. The van der Waals surface area contributed by atoms with Gasteiger partial charge >= 0.3 is 6.03 Å². The van der Waals surface area contributed by atoms with Crippen LogP contribution < -0.4 is 16.0 Å². The molecule has 0 heterocycles. The highest BCUT2D eigenvalue weighted by molar-refractivity contribution is 5.94. The second-order valence-corrected chi connectivity index (χ2v) is 6.33. The minimum atomic E-state index is -0.244. The predicted octanol–water partition coefficient (Wildman–Crippen LogP) is 2.15. The summed E-state index contributed by atoms with van der Waals surface area (Å²) in [6, 6.07) is 16.7. The number of benzene rings is 2. The van der Waals surface area contributed by atoms with Crippen LogP contribution in [0.25, 0.3) is 0 Å². The van der Waals surface area contributed by atoms with Crippen LogP contribution in [0.15, 0.2) is 54.6 Å². The van der Waals surface area contributed by atoms with Crippen molar-refractivity contribution in [1.29, 1.82) is 0 Å². The van der Waals surface area contributed by atoms with Crippen molar-refractivity contribution in [3.05, 3.63) is 71.3 Å². The van der Waals surface area contributed by atoms with Crippen molar-refractivity contribution in [3.63, 3.8) is 0 Å². The van der Waals surface area contributed by atoms with Gasteiger partial charge in [0.05, 0.1) is 6.04 Å². The molecule has 2 rings (SSSR count). The predicted molar refractivity (Wildman–Crippen MR) is 103 cm³/mol. The zero-order valence-electron chi connectivity index (χ0n) is 15.5. The van der Waals surface area contributed by atoms with Gasteiger partial charge in [-0.25, -0.2) is 4.79 Å². The fraction of sp³-hybridized carbons (Fsp3) is 0.300. The van der Waals surface area contributed by atoms with E-state index in [9.17, 15) is 9.59 Å². The van der Waals surface area contributed by atoms with Crippen LogP contribution in [0.2, 0.25) is 0 Å².